The van der Waals surface area contributed by atoms with E-state index < -0.39 is 12.0 Å². The van der Waals surface area contributed by atoms with Crippen LogP contribution in [0.25, 0.3) is 0 Å². The van der Waals surface area contributed by atoms with Crippen LogP contribution in [0.2, 0.25) is 0 Å². The van der Waals surface area contributed by atoms with Gasteiger partial charge in [-0.25, -0.2) is 0 Å². The number of nitrogens with two attached hydrogens (primary N) is 1. The van der Waals surface area contributed by atoms with Gasteiger partial charge in [0.25, 0.3) is 5.91 Å². The van der Waals surface area contributed by atoms with Gasteiger partial charge in [0, 0.05) is 6.08 Å². The minimum absolute atomic E-state index is 0.387. The normalized spacial score (nSPS) is 24.0. The van der Waals surface area contributed by atoms with Crippen LogP contribution in [0, 0.1) is 0 Å². The van der Waals surface area contributed by atoms with Crippen LogP contribution in [0.15, 0.2) is 12.3 Å². The van der Waals surface area contributed by atoms with Crippen LogP contribution in [0.5, 0.6) is 0 Å². The van der Waals surface area contributed by atoms with E-state index >= 15 is 0 Å². The summed E-state index contributed by atoms with van der Waals surface area (Å²) in [5.41, 5.74) is 4.76. The minimum atomic E-state index is -1.08. The van der Waals surface area contributed by atoms with Gasteiger partial charge in [-0.2, -0.15) is 0 Å². The Morgan fingerprint density at radius 3 is 2.67 bits per heavy atom. The molecule has 4 heteroatoms. The van der Waals surface area contributed by atoms with E-state index in [4.69, 9.17) is 5.73 Å². The molecule has 0 fully saturated rings. The molecule has 0 aromatic rings. The molecule has 1 aliphatic rings. The van der Waals surface area contributed by atoms with Crippen LogP contribution in [0.3, 0.4) is 0 Å². The summed E-state index contributed by atoms with van der Waals surface area (Å²) in [6, 6.07) is 0. The van der Waals surface area contributed by atoms with Crippen molar-refractivity contribution in [2.24, 2.45) is 5.73 Å². The molecule has 0 saturated heterocycles. The SMILES string of the molecule is NC(=O)C1OC=CC1=O. The topological polar surface area (TPSA) is 69.4 Å². The first-order valence-corrected chi connectivity index (χ1v) is 2.37. The molecule has 0 aromatic carbocycles. The van der Waals surface area contributed by atoms with Gasteiger partial charge in [-0.15, -0.1) is 0 Å². The first-order valence-electron chi connectivity index (χ1n) is 2.37. The number of carbonyl (C=O) groups is 2. The molecule has 4 nitrogen and oxygen atoms in total. The Balaban J connectivity index is 2.66. The van der Waals surface area contributed by atoms with Crippen molar-refractivity contribution in [2.75, 3.05) is 0 Å². The molecule has 0 saturated carbocycles. The van der Waals surface area contributed by atoms with Gasteiger partial charge in [-0.3, -0.25) is 9.59 Å². The highest BCUT2D eigenvalue weighted by molar-refractivity contribution is 6.10. The summed E-state index contributed by atoms with van der Waals surface area (Å²) in [7, 11) is 0. The third-order valence-corrected chi connectivity index (χ3v) is 0.964. The number of rotatable bonds is 1. The quantitative estimate of drug-likeness (QED) is 0.457. The molecule has 0 aromatic heterocycles. The van der Waals surface area contributed by atoms with Crippen LogP contribution < -0.4 is 5.73 Å². The Hall–Kier alpha value is -1.32. The molecule has 0 aliphatic carbocycles. The van der Waals surface area contributed by atoms with E-state index in [0.29, 0.717) is 0 Å². The fourth-order valence-electron chi connectivity index (χ4n) is 0.547. The Morgan fingerprint density at radius 1 is 1.78 bits per heavy atom. The predicted molar refractivity (Wildman–Crippen MR) is 28.2 cm³/mol. The average Bonchev–Trinajstić information content (AvgIpc) is 2.13. The summed E-state index contributed by atoms with van der Waals surface area (Å²) in [5, 5.41) is 0. The highest BCUT2D eigenvalue weighted by Crippen LogP contribution is 2.02. The second kappa shape index (κ2) is 1.89. The lowest BCUT2D eigenvalue weighted by molar-refractivity contribution is -0.133. The molecular formula is C5H5NO3. The van der Waals surface area contributed by atoms with Gasteiger partial charge < -0.3 is 10.5 Å². The molecule has 1 unspecified atom stereocenters. The van der Waals surface area contributed by atoms with Gasteiger partial charge in [0.2, 0.25) is 11.9 Å². The average molecular weight is 127 g/mol. The van der Waals surface area contributed by atoms with Crippen molar-refractivity contribution in [3.8, 4) is 0 Å². The first-order chi connectivity index (χ1) is 4.22. The summed E-state index contributed by atoms with van der Waals surface area (Å²) in [4.78, 5) is 20.8. The largest absolute Gasteiger partial charge is 0.480 e. The second-order valence-electron chi connectivity index (χ2n) is 1.62. The first kappa shape index (κ1) is 5.81. The standard InChI is InChI=1S/C5H5NO3/c6-5(8)4-3(7)1-2-9-4/h1-2,4H,(H2,6,8). The van der Waals surface area contributed by atoms with Crippen LogP contribution in [0.4, 0.5) is 0 Å². The molecule has 48 valence electrons. The van der Waals surface area contributed by atoms with Crippen molar-refractivity contribution >= 4 is 11.7 Å². The lowest BCUT2D eigenvalue weighted by Crippen LogP contribution is -2.33. The zero-order chi connectivity index (χ0) is 6.85. The maximum Gasteiger partial charge on any atom is 0.266 e. The molecule has 9 heavy (non-hydrogen) atoms. The van der Waals surface area contributed by atoms with E-state index in [2.05, 4.69) is 4.74 Å². The Kier molecular flexibility index (Phi) is 1.22. The zero-order valence-corrected chi connectivity index (χ0v) is 4.53. The van der Waals surface area contributed by atoms with Crippen LogP contribution >= 0.6 is 0 Å². The van der Waals surface area contributed by atoms with Gasteiger partial charge in [-0.1, -0.05) is 0 Å². The molecule has 1 amide bonds. The summed E-state index contributed by atoms with van der Waals surface area (Å²) in [6.45, 7) is 0. The summed E-state index contributed by atoms with van der Waals surface area (Å²) in [5.74, 6) is -1.13. The molecule has 1 rings (SSSR count). The lowest BCUT2D eigenvalue weighted by atomic mass is 10.2. The van der Waals surface area contributed by atoms with E-state index in [1.165, 1.54) is 6.08 Å². The molecule has 1 atom stereocenters. The zero-order valence-electron chi connectivity index (χ0n) is 4.53. The second-order valence-corrected chi connectivity index (χ2v) is 1.62. The number of ether oxygens (including phenoxy) is 1. The highest BCUT2D eigenvalue weighted by atomic mass is 16.5. The van der Waals surface area contributed by atoms with Gasteiger partial charge in [0.05, 0.1) is 6.26 Å². The van der Waals surface area contributed by atoms with Crippen molar-refractivity contribution in [1.82, 2.24) is 0 Å². The number of amides is 1. The molecular weight excluding hydrogens is 122 g/mol. The number of hydrogen-bond acceptors (Lipinski definition) is 3. The van der Waals surface area contributed by atoms with Crippen LogP contribution in [-0.2, 0) is 14.3 Å². The maximum atomic E-state index is 10.5. The fourth-order valence-corrected chi connectivity index (χ4v) is 0.547. The fraction of sp³-hybridized carbons (Fsp3) is 0.200. The third kappa shape index (κ3) is 0.910. The Morgan fingerprint density at radius 2 is 2.44 bits per heavy atom. The molecule has 1 aliphatic heterocycles. The lowest BCUT2D eigenvalue weighted by Gasteiger charge is -2.00. The smallest absolute Gasteiger partial charge is 0.266 e. The predicted octanol–water partition coefficient (Wildman–Crippen LogP) is -1.05. The van der Waals surface area contributed by atoms with E-state index in [1.807, 2.05) is 0 Å². The number of hydrogen-bond donors (Lipinski definition) is 1. The van der Waals surface area contributed by atoms with Crippen molar-refractivity contribution in [2.45, 2.75) is 6.10 Å². The third-order valence-electron chi connectivity index (χ3n) is 0.964. The molecule has 2 N–H and O–H groups in total. The van der Waals surface area contributed by atoms with Crippen molar-refractivity contribution in [3.63, 3.8) is 0 Å². The summed E-state index contributed by atoms with van der Waals surface area (Å²) >= 11 is 0. The molecule has 1 heterocycles. The van der Waals surface area contributed by atoms with E-state index in [1.54, 1.807) is 0 Å². The van der Waals surface area contributed by atoms with Gasteiger partial charge in [0.1, 0.15) is 0 Å². The molecule has 0 bridgehead atoms. The monoisotopic (exact) mass is 127 g/mol. The maximum absolute atomic E-state index is 10.5. The number of carbonyl (C=O) groups excluding carboxylic acids is 2. The highest BCUT2D eigenvalue weighted by Gasteiger charge is 2.26. The van der Waals surface area contributed by atoms with Crippen molar-refractivity contribution < 1.29 is 14.3 Å². The van der Waals surface area contributed by atoms with E-state index in [-0.39, 0.29) is 5.78 Å². The summed E-state index contributed by atoms with van der Waals surface area (Å²) < 4.78 is 4.52. The summed E-state index contributed by atoms with van der Waals surface area (Å²) in [6.07, 6.45) is 1.26. The van der Waals surface area contributed by atoms with E-state index in [0.717, 1.165) is 6.26 Å². The van der Waals surface area contributed by atoms with E-state index in [9.17, 15) is 9.59 Å². The van der Waals surface area contributed by atoms with Gasteiger partial charge in [0.15, 0.2) is 0 Å². The molecule has 0 spiro atoms. The number of ketones is 1. The van der Waals surface area contributed by atoms with Gasteiger partial charge in [-0.05, 0) is 0 Å². The van der Waals surface area contributed by atoms with Crippen LogP contribution in [0.1, 0.15) is 0 Å². The van der Waals surface area contributed by atoms with Crippen molar-refractivity contribution in [1.29, 1.82) is 0 Å². The minimum Gasteiger partial charge on any atom is -0.480 e. The Labute approximate surface area is 51.3 Å². The van der Waals surface area contributed by atoms with Crippen molar-refractivity contribution in [3.05, 3.63) is 12.3 Å². The molecule has 0 radical (unpaired) electrons. The van der Waals surface area contributed by atoms with Gasteiger partial charge >= 0.3 is 0 Å². The van der Waals surface area contributed by atoms with Crippen LogP contribution in [-0.4, -0.2) is 17.8 Å². The Bertz CT molecular complexity index is 185. The number of primary amides is 1.